The molecule has 17 heavy (non-hydrogen) atoms. The molecule has 0 spiro atoms. The van der Waals surface area contributed by atoms with Gasteiger partial charge in [-0.05, 0) is 19.5 Å². The van der Waals surface area contributed by atoms with Gasteiger partial charge in [-0.2, -0.15) is 5.10 Å². The van der Waals surface area contributed by atoms with Gasteiger partial charge in [-0.15, -0.1) is 11.8 Å². The predicted molar refractivity (Wildman–Crippen MR) is 75.5 cm³/mol. The van der Waals surface area contributed by atoms with Crippen LogP contribution in [-0.2, 0) is 13.5 Å². The molecule has 0 radical (unpaired) electrons. The van der Waals surface area contributed by atoms with E-state index in [-0.39, 0.29) is 0 Å². The summed E-state index contributed by atoms with van der Waals surface area (Å²) in [5.41, 5.74) is 7.95. The zero-order valence-electron chi connectivity index (χ0n) is 11.4. The van der Waals surface area contributed by atoms with Gasteiger partial charge in [0.05, 0.1) is 11.4 Å². The lowest BCUT2D eigenvalue weighted by Crippen LogP contribution is -2.25. The van der Waals surface area contributed by atoms with E-state index in [4.69, 9.17) is 5.73 Å². The van der Waals surface area contributed by atoms with Crippen molar-refractivity contribution in [3.8, 4) is 0 Å². The highest BCUT2D eigenvalue weighted by Crippen LogP contribution is 2.27. The number of anilines is 1. The van der Waals surface area contributed by atoms with Crippen LogP contribution in [0.25, 0.3) is 0 Å². The van der Waals surface area contributed by atoms with Gasteiger partial charge < -0.3 is 10.6 Å². The number of aromatic nitrogens is 2. The fourth-order valence-electron chi connectivity index (χ4n) is 1.82. The van der Waals surface area contributed by atoms with Gasteiger partial charge in [0.1, 0.15) is 5.03 Å². The molecule has 2 N–H and O–H groups in total. The van der Waals surface area contributed by atoms with E-state index in [2.05, 4.69) is 30.8 Å². The van der Waals surface area contributed by atoms with Gasteiger partial charge >= 0.3 is 0 Å². The molecule has 0 atom stereocenters. The first-order valence-electron chi connectivity index (χ1n) is 6.30. The van der Waals surface area contributed by atoms with Crippen molar-refractivity contribution in [3.63, 3.8) is 0 Å². The summed E-state index contributed by atoms with van der Waals surface area (Å²) in [6.07, 6.45) is 0.899. The Balaban J connectivity index is 2.54. The Morgan fingerprint density at radius 1 is 1.29 bits per heavy atom. The maximum absolute atomic E-state index is 6.08. The van der Waals surface area contributed by atoms with Gasteiger partial charge in [-0.1, -0.05) is 20.8 Å². The summed E-state index contributed by atoms with van der Waals surface area (Å²) in [6, 6.07) is 0. The van der Waals surface area contributed by atoms with Crippen molar-refractivity contribution >= 4 is 17.4 Å². The molecule has 1 aromatic rings. The maximum Gasteiger partial charge on any atom is 0.117 e. The third kappa shape index (κ3) is 3.64. The van der Waals surface area contributed by atoms with E-state index in [0.717, 1.165) is 48.2 Å². The normalized spacial score (nSPS) is 11.4. The Morgan fingerprint density at radius 2 is 1.94 bits per heavy atom. The second-order valence-electron chi connectivity index (χ2n) is 4.02. The molecule has 0 aliphatic rings. The van der Waals surface area contributed by atoms with E-state index in [1.165, 1.54) is 0 Å². The van der Waals surface area contributed by atoms with Gasteiger partial charge in [0.25, 0.3) is 0 Å². The topological polar surface area (TPSA) is 47.1 Å². The third-order valence-electron chi connectivity index (χ3n) is 2.98. The van der Waals surface area contributed by atoms with Crippen molar-refractivity contribution in [1.29, 1.82) is 0 Å². The van der Waals surface area contributed by atoms with E-state index in [9.17, 15) is 0 Å². The van der Waals surface area contributed by atoms with Crippen LogP contribution < -0.4 is 5.73 Å². The molecule has 0 saturated carbocycles. The number of nitrogen functional groups attached to an aromatic ring is 1. The summed E-state index contributed by atoms with van der Waals surface area (Å²) in [6.45, 7) is 9.80. The van der Waals surface area contributed by atoms with Crippen molar-refractivity contribution in [2.24, 2.45) is 7.05 Å². The average Bonchev–Trinajstić information content (AvgIpc) is 2.61. The molecule has 5 heteroatoms. The first-order valence-corrected chi connectivity index (χ1v) is 7.29. The average molecular weight is 256 g/mol. The molecule has 1 rings (SSSR count). The molecule has 1 aromatic heterocycles. The molecule has 0 unspecified atom stereocenters. The molecule has 0 fully saturated rings. The Kier molecular flexibility index (Phi) is 5.85. The fourth-order valence-corrected chi connectivity index (χ4v) is 2.87. The second-order valence-corrected chi connectivity index (χ2v) is 5.10. The largest absolute Gasteiger partial charge is 0.395 e. The second kappa shape index (κ2) is 6.91. The van der Waals surface area contributed by atoms with E-state index >= 15 is 0 Å². The molecular weight excluding hydrogens is 232 g/mol. The van der Waals surface area contributed by atoms with Crippen LogP contribution in [0.15, 0.2) is 5.03 Å². The van der Waals surface area contributed by atoms with Gasteiger partial charge in [-0.25, -0.2) is 0 Å². The predicted octanol–water partition coefficient (Wildman–Crippen LogP) is 2.00. The fraction of sp³-hybridized carbons (Fsp3) is 0.750. The number of nitrogens with two attached hydrogens (primary N) is 1. The minimum atomic E-state index is 0.861. The smallest absolute Gasteiger partial charge is 0.117 e. The van der Waals surface area contributed by atoms with Crippen LogP contribution in [0.1, 0.15) is 26.5 Å². The summed E-state index contributed by atoms with van der Waals surface area (Å²) < 4.78 is 1.90. The first kappa shape index (κ1) is 14.4. The molecule has 0 amide bonds. The molecule has 0 aliphatic heterocycles. The molecule has 4 nitrogen and oxygen atoms in total. The first-order chi connectivity index (χ1) is 8.13. The zero-order valence-corrected chi connectivity index (χ0v) is 12.2. The van der Waals surface area contributed by atoms with Gasteiger partial charge in [0.2, 0.25) is 0 Å². The van der Waals surface area contributed by atoms with Crippen LogP contribution in [0.5, 0.6) is 0 Å². The number of nitrogens with zero attached hydrogens (tertiary/aromatic N) is 3. The molecular formula is C12H24N4S. The van der Waals surface area contributed by atoms with Crippen LogP contribution in [-0.4, -0.2) is 40.1 Å². The van der Waals surface area contributed by atoms with E-state index in [0.29, 0.717) is 0 Å². The number of thioether (sulfide) groups is 1. The lowest BCUT2D eigenvalue weighted by Gasteiger charge is -2.17. The molecule has 0 saturated heterocycles. The number of aryl methyl sites for hydroxylation is 2. The van der Waals surface area contributed by atoms with E-state index < -0.39 is 0 Å². The Labute approximate surface area is 109 Å². The highest BCUT2D eigenvalue weighted by atomic mass is 32.2. The Bertz CT molecular complexity index is 345. The molecule has 0 aromatic carbocycles. The van der Waals surface area contributed by atoms with Gasteiger partial charge in [0.15, 0.2) is 0 Å². The van der Waals surface area contributed by atoms with E-state index in [1.807, 2.05) is 11.7 Å². The van der Waals surface area contributed by atoms with Crippen LogP contribution in [0, 0.1) is 0 Å². The van der Waals surface area contributed by atoms with Crippen LogP contribution >= 0.6 is 11.8 Å². The van der Waals surface area contributed by atoms with Gasteiger partial charge in [-0.3, -0.25) is 4.68 Å². The number of hydrogen-bond donors (Lipinski definition) is 1. The Morgan fingerprint density at radius 3 is 2.41 bits per heavy atom. The molecule has 98 valence electrons. The summed E-state index contributed by atoms with van der Waals surface area (Å²) >= 11 is 1.80. The summed E-state index contributed by atoms with van der Waals surface area (Å²) in [4.78, 5) is 2.42. The Hall–Kier alpha value is -0.680. The monoisotopic (exact) mass is 256 g/mol. The lowest BCUT2D eigenvalue weighted by atomic mass is 10.3. The van der Waals surface area contributed by atoms with Crippen LogP contribution in [0.4, 0.5) is 5.69 Å². The van der Waals surface area contributed by atoms with Crippen molar-refractivity contribution in [2.75, 3.05) is 31.1 Å². The van der Waals surface area contributed by atoms with Crippen molar-refractivity contribution in [1.82, 2.24) is 14.7 Å². The van der Waals surface area contributed by atoms with Crippen molar-refractivity contribution < 1.29 is 0 Å². The minimum absolute atomic E-state index is 0.861. The summed E-state index contributed by atoms with van der Waals surface area (Å²) in [5, 5.41) is 5.53. The zero-order chi connectivity index (χ0) is 12.8. The van der Waals surface area contributed by atoms with Crippen LogP contribution in [0.2, 0.25) is 0 Å². The molecule has 0 aliphatic carbocycles. The highest BCUT2D eigenvalue weighted by molar-refractivity contribution is 7.99. The van der Waals surface area contributed by atoms with Crippen molar-refractivity contribution in [2.45, 2.75) is 32.2 Å². The quantitative estimate of drug-likeness (QED) is 0.758. The molecule has 1 heterocycles. The van der Waals surface area contributed by atoms with Crippen LogP contribution in [0.3, 0.4) is 0 Å². The summed E-state index contributed by atoms with van der Waals surface area (Å²) in [5.74, 6) is 1.06. The van der Waals surface area contributed by atoms with E-state index in [1.54, 1.807) is 11.8 Å². The van der Waals surface area contributed by atoms with Gasteiger partial charge in [0, 0.05) is 19.3 Å². The number of rotatable bonds is 7. The highest BCUT2D eigenvalue weighted by Gasteiger charge is 2.12. The lowest BCUT2D eigenvalue weighted by molar-refractivity contribution is 0.324. The van der Waals surface area contributed by atoms with Crippen molar-refractivity contribution in [3.05, 3.63) is 5.69 Å². The minimum Gasteiger partial charge on any atom is -0.395 e. The third-order valence-corrected chi connectivity index (χ3v) is 4.13. The summed E-state index contributed by atoms with van der Waals surface area (Å²) in [7, 11) is 1.97. The SMILES string of the molecule is CCc1nn(C)c(SCCN(CC)CC)c1N. The maximum atomic E-state index is 6.08. The standard InChI is InChI=1S/C12H24N4S/c1-5-10-11(13)12(15(4)14-10)17-9-8-16(6-2)7-3/h5-9,13H2,1-4H3. The number of hydrogen-bond acceptors (Lipinski definition) is 4. The molecule has 0 bridgehead atoms.